The number of amides is 1. The molecule has 2 N–H and O–H groups in total. The third-order valence-electron chi connectivity index (χ3n) is 4.73. The molecule has 4 rings (SSSR count). The number of anilines is 2. The van der Waals surface area contributed by atoms with Crippen LogP contribution in [0.1, 0.15) is 15.9 Å². The molecule has 6 heteroatoms. The predicted octanol–water partition coefficient (Wildman–Crippen LogP) is 5.42. The van der Waals surface area contributed by atoms with Gasteiger partial charge in [-0.3, -0.25) is 4.79 Å². The van der Waals surface area contributed by atoms with Crippen LogP contribution in [0.3, 0.4) is 0 Å². The zero-order valence-electron chi connectivity index (χ0n) is 16.0. The summed E-state index contributed by atoms with van der Waals surface area (Å²) in [4.78, 5) is 16.6. The molecule has 0 atom stereocenters. The van der Waals surface area contributed by atoms with Crippen LogP contribution in [0.5, 0.6) is 0 Å². The molecule has 150 valence electrons. The number of rotatable bonds is 6. The van der Waals surface area contributed by atoms with E-state index in [9.17, 15) is 13.6 Å². The number of hydrogen-bond acceptors (Lipinski definition) is 3. The van der Waals surface area contributed by atoms with E-state index in [0.29, 0.717) is 17.9 Å². The molecule has 0 aliphatic rings. The van der Waals surface area contributed by atoms with Gasteiger partial charge in [-0.15, -0.1) is 0 Å². The van der Waals surface area contributed by atoms with E-state index in [2.05, 4.69) is 45.9 Å². The summed E-state index contributed by atoms with van der Waals surface area (Å²) in [6.07, 6.45) is 2.33. The fourth-order valence-electron chi connectivity index (χ4n) is 3.17. The average Bonchev–Trinajstić information content (AvgIpc) is 2.76. The van der Waals surface area contributed by atoms with E-state index < -0.39 is 17.5 Å². The average molecular weight is 403 g/mol. The zero-order valence-corrected chi connectivity index (χ0v) is 16.0. The van der Waals surface area contributed by atoms with Gasteiger partial charge in [0.15, 0.2) is 11.6 Å². The molecule has 0 radical (unpaired) electrons. The number of pyridine rings is 1. The smallest absolute Gasteiger partial charge is 0.255 e. The van der Waals surface area contributed by atoms with E-state index in [1.807, 2.05) is 12.1 Å². The number of benzene rings is 3. The lowest BCUT2D eigenvalue weighted by molar-refractivity contribution is 0.102. The molecule has 0 unspecified atom stereocenters. The van der Waals surface area contributed by atoms with Gasteiger partial charge in [0.1, 0.15) is 5.82 Å². The van der Waals surface area contributed by atoms with Crippen LogP contribution in [0.4, 0.5) is 20.3 Å². The molecule has 0 aliphatic carbocycles. The highest BCUT2D eigenvalue weighted by Crippen LogP contribution is 2.17. The number of carbonyl (C=O) groups is 1. The number of nitrogens with zero attached hydrogens (tertiary/aromatic N) is 1. The second kappa shape index (κ2) is 8.69. The highest BCUT2D eigenvalue weighted by atomic mass is 19.2. The SMILES string of the molecule is O=C(Nc1ccc(F)c(F)c1)c1ccnc(NCCc2ccc3ccccc3c2)c1. The van der Waals surface area contributed by atoms with Gasteiger partial charge in [0, 0.05) is 30.1 Å². The first-order valence-corrected chi connectivity index (χ1v) is 9.52. The van der Waals surface area contributed by atoms with Crippen molar-refractivity contribution in [3.8, 4) is 0 Å². The molecular formula is C24H19F2N3O. The van der Waals surface area contributed by atoms with Gasteiger partial charge in [-0.25, -0.2) is 13.8 Å². The second-order valence-electron chi connectivity index (χ2n) is 6.87. The molecule has 1 heterocycles. The standard InChI is InChI=1S/C24H19F2N3O/c25-21-8-7-20(15-22(21)26)29-24(30)19-10-12-28-23(14-19)27-11-9-16-5-6-17-3-1-2-4-18(17)13-16/h1-8,10,12-15H,9,11H2,(H,27,28)(H,29,30). The lowest BCUT2D eigenvalue weighted by Gasteiger charge is -2.09. The molecule has 4 nitrogen and oxygen atoms in total. The van der Waals surface area contributed by atoms with Crippen LogP contribution < -0.4 is 10.6 Å². The van der Waals surface area contributed by atoms with Crippen LogP contribution in [0.15, 0.2) is 79.0 Å². The highest BCUT2D eigenvalue weighted by Gasteiger charge is 2.09. The van der Waals surface area contributed by atoms with Gasteiger partial charge in [0.05, 0.1) is 0 Å². The van der Waals surface area contributed by atoms with Gasteiger partial charge >= 0.3 is 0 Å². The van der Waals surface area contributed by atoms with Gasteiger partial charge in [-0.2, -0.15) is 0 Å². The lowest BCUT2D eigenvalue weighted by atomic mass is 10.1. The summed E-state index contributed by atoms with van der Waals surface area (Å²) in [6.45, 7) is 0.652. The Morgan fingerprint density at radius 2 is 1.70 bits per heavy atom. The van der Waals surface area contributed by atoms with Crippen LogP contribution in [-0.4, -0.2) is 17.4 Å². The van der Waals surface area contributed by atoms with Gasteiger partial charge in [0.25, 0.3) is 5.91 Å². The van der Waals surface area contributed by atoms with Crippen LogP contribution in [0.2, 0.25) is 0 Å². The predicted molar refractivity (Wildman–Crippen MR) is 115 cm³/mol. The molecule has 30 heavy (non-hydrogen) atoms. The van der Waals surface area contributed by atoms with Crippen molar-refractivity contribution in [2.24, 2.45) is 0 Å². The maximum Gasteiger partial charge on any atom is 0.255 e. The summed E-state index contributed by atoms with van der Waals surface area (Å²) in [5, 5.41) is 8.17. The quantitative estimate of drug-likeness (QED) is 0.452. The third kappa shape index (κ3) is 4.60. The number of hydrogen-bond donors (Lipinski definition) is 2. The van der Waals surface area contributed by atoms with E-state index in [0.717, 1.165) is 18.6 Å². The summed E-state index contributed by atoms with van der Waals surface area (Å²) in [5.74, 6) is -1.84. The van der Waals surface area contributed by atoms with Crippen molar-refractivity contribution >= 4 is 28.2 Å². The first kappa shape index (κ1) is 19.5. The van der Waals surface area contributed by atoms with Gasteiger partial charge < -0.3 is 10.6 Å². The number of aromatic nitrogens is 1. The molecule has 1 amide bonds. The number of carbonyl (C=O) groups excluding carboxylic acids is 1. The van der Waals surface area contributed by atoms with E-state index in [1.54, 1.807) is 12.1 Å². The maximum absolute atomic E-state index is 13.3. The number of nitrogens with one attached hydrogen (secondary N) is 2. The van der Waals surface area contributed by atoms with Crippen molar-refractivity contribution in [3.05, 3.63) is 102 Å². The molecular weight excluding hydrogens is 384 g/mol. The van der Waals surface area contributed by atoms with Crippen molar-refractivity contribution in [3.63, 3.8) is 0 Å². The molecule has 4 aromatic rings. The first-order chi connectivity index (χ1) is 14.6. The van der Waals surface area contributed by atoms with E-state index in [1.165, 1.54) is 28.6 Å². The van der Waals surface area contributed by atoms with E-state index in [-0.39, 0.29) is 5.69 Å². The van der Waals surface area contributed by atoms with Crippen molar-refractivity contribution in [2.75, 3.05) is 17.2 Å². The minimum atomic E-state index is -1.02. The Balaban J connectivity index is 1.37. The Kier molecular flexibility index (Phi) is 5.66. The summed E-state index contributed by atoms with van der Waals surface area (Å²) < 4.78 is 26.3. The van der Waals surface area contributed by atoms with Crippen LogP contribution in [0, 0.1) is 11.6 Å². The van der Waals surface area contributed by atoms with Gasteiger partial charge in [-0.1, -0.05) is 42.5 Å². The molecule has 0 aliphatic heterocycles. The van der Waals surface area contributed by atoms with E-state index in [4.69, 9.17) is 0 Å². The summed E-state index contributed by atoms with van der Waals surface area (Å²) in [6, 6.07) is 21.0. The molecule has 0 fully saturated rings. The van der Waals surface area contributed by atoms with Crippen LogP contribution in [-0.2, 0) is 6.42 Å². The monoisotopic (exact) mass is 403 g/mol. The molecule has 0 saturated carbocycles. The Morgan fingerprint density at radius 1 is 0.867 bits per heavy atom. The van der Waals surface area contributed by atoms with Crippen molar-refractivity contribution in [2.45, 2.75) is 6.42 Å². The molecule has 1 aromatic heterocycles. The largest absolute Gasteiger partial charge is 0.370 e. The van der Waals surface area contributed by atoms with Crippen LogP contribution in [0.25, 0.3) is 10.8 Å². The second-order valence-corrected chi connectivity index (χ2v) is 6.87. The lowest BCUT2D eigenvalue weighted by Crippen LogP contribution is -2.13. The van der Waals surface area contributed by atoms with Crippen molar-refractivity contribution < 1.29 is 13.6 Å². The van der Waals surface area contributed by atoms with Gasteiger partial charge in [0.2, 0.25) is 0 Å². The number of halogens is 2. The minimum absolute atomic E-state index is 0.182. The number of fused-ring (bicyclic) bond motifs is 1. The fraction of sp³-hybridized carbons (Fsp3) is 0.0833. The minimum Gasteiger partial charge on any atom is -0.370 e. The van der Waals surface area contributed by atoms with Crippen molar-refractivity contribution in [1.29, 1.82) is 0 Å². The Hall–Kier alpha value is -3.80. The van der Waals surface area contributed by atoms with Gasteiger partial charge in [-0.05, 0) is 47.0 Å². The Labute approximate surface area is 172 Å². The van der Waals surface area contributed by atoms with Crippen molar-refractivity contribution in [1.82, 2.24) is 4.98 Å². The molecule has 0 spiro atoms. The molecule has 3 aromatic carbocycles. The summed E-state index contributed by atoms with van der Waals surface area (Å²) in [7, 11) is 0. The fourth-order valence-corrected chi connectivity index (χ4v) is 3.17. The molecule has 0 bridgehead atoms. The Morgan fingerprint density at radius 3 is 2.53 bits per heavy atom. The highest BCUT2D eigenvalue weighted by molar-refractivity contribution is 6.04. The molecule has 0 saturated heterocycles. The summed E-state index contributed by atoms with van der Waals surface area (Å²) in [5.41, 5.74) is 1.75. The first-order valence-electron chi connectivity index (χ1n) is 9.52. The third-order valence-corrected chi connectivity index (χ3v) is 4.73. The Bertz CT molecular complexity index is 1210. The topological polar surface area (TPSA) is 54.0 Å². The normalized spacial score (nSPS) is 10.7. The van der Waals surface area contributed by atoms with E-state index >= 15 is 0 Å². The van der Waals surface area contributed by atoms with Crippen LogP contribution >= 0.6 is 0 Å². The maximum atomic E-state index is 13.3. The summed E-state index contributed by atoms with van der Waals surface area (Å²) >= 11 is 0. The zero-order chi connectivity index (χ0) is 20.9.